The number of aliphatic imine (C=N–C) groups is 1. The molecule has 3 aromatic carbocycles. The number of anilines is 1. The normalized spacial score (nSPS) is 12.4. The number of aromatic hydroxyl groups is 1. The molecule has 1 atom stereocenters. The van der Waals surface area contributed by atoms with Crippen LogP contribution >= 0.6 is 11.6 Å². The van der Waals surface area contributed by atoms with E-state index in [0.717, 1.165) is 35.1 Å². The lowest BCUT2D eigenvalue weighted by Crippen LogP contribution is -2.16. The highest BCUT2D eigenvalue weighted by Gasteiger charge is 2.16. The smallest absolute Gasteiger partial charge is 0.144 e. The first-order valence-electron chi connectivity index (χ1n) is 9.92. The van der Waals surface area contributed by atoms with E-state index in [9.17, 15) is 9.90 Å². The summed E-state index contributed by atoms with van der Waals surface area (Å²) in [6, 6.07) is 20.0. The Morgan fingerprint density at radius 3 is 2.33 bits per heavy atom. The maximum Gasteiger partial charge on any atom is 0.144 e. The van der Waals surface area contributed by atoms with Crippen LogP contribution in [-0.4, -0.2) is 30.2 Å². The molecule has 30 heavy (non-hydrogen) atoms. The molecule has 0 amide bonds. The minimum absolute atomic E-state index is 0.168. The fourth-order valence-corrected chi connectivity index (χ4v) is 3.46. The Kier molecular flexibility index (Phi) is 7.26. The van der Waals surface area contributed by atoms with Crippen molar-refractivity contribution < 1.29 is 9.90 Å². The maximum absolute atomic E-state index is 11.9. The second-order valence-electron chi connectivity index (χ2n) is 7.04. The van der Waals surface area contributed by atoms with Crippen molar-refractivity contribution in [2.75, 3.05) is 12.4 Å². The fraction of sp³-hybridized carbons (Fsp3) is 0.200. The van der Waals surface area contributed by atoms with Crippen molar-refractivity contribution >= 4 is 29.3 Å². The third-order valence-corrected chi connectivity index (χ3v) is 5.21. The second-order valence-corrected chi connectivity index (χ2v) is 7.48. The topological polar surface area (TPSA) is 61.7 Å². The molecule has 154 valence electrons. The number of carbonyl (C=O) groups excluding carboxylic acids is 1. The van der Waals surface area contributed by atoms with Crippen LogP contribution in [0.1, 0.15) is 29.2 Å². The average molecular weight is 421 g/mol. The Balaban J connectivity index is 2.05. The lowest BCUT2D eigenvalue weighted by Gasteiger charge is -2.16. The zero-order valence-electron chi connectivity index (χ0n) is 17.1. The van der Waals surface area contributed by atoms with Crippen LogP contribution < -0.4 is 5.32 Å². The quantitative estimate of drug-likeness (QED) is 0.384. The molecule has 1 unspecified atom stereocenters. The van der Waals surface area contributed by atoms with Gasteiger partial charge < -0.3 is 15.2 Å². The Labute approximate surface area is 182 Å². The van der Waals surface area contributed by atoms with E-state index in [1.165, 1.54) is 5.56 Å². The zero-order valence-corrected chi connectivity index (χ0v) is 17.9. The highest BCUT2D eigenvalue weighted by atomic mass is 35.5. The summed E-state index contributed by atoms with van der Waals surface area (Å²) in [7, 11) is 1.83. The third-order valence-electron chi connectivity index (χ3n) is 4.97. The van der Waals surface area contributed by atoms with Gasteiger partial charge in [0.05, 0.1) is 5.71 Å². The number of hydrogen-bond acceptors (Lipinski definition) is 4. The van der Waals surface area contributed by atoms with Gasteiger partial charge in [-0.1, -0.05) is 42.8 Å². The molecule has 0 saturated heterocycles. The molecular formula is C25H25ClN2O2. The summed E-state index contributed by atoms with van der Waals surface area (Å²) < 4.78 is 0. The van der Waals surface area contributed by atoms with Crippen LogP contribution in [-0.2, 0) is 17.6 Å². The molecule has 0 spiro atoms. The Bertz CT molecular complexity index is 1030. The summed E-state index contributed by atoms with van der Waals surface area (Å²) in [6.45, 7) is 2.11. The molecule has 0 bridgehead atoms. The molecule has 0 aliphatic carbocycles. The van der Waals surface area contributed by atoms with Crippen LogP contribution in [0.2, 0.25) is 5.02 Å². The van der Waals surface area contributed by atoms with Crippen LogP contribution in [0.3, 0.4) is 0 Å². The molecule has 0 aliphatic rings. The van der Waals surface area contributed by atoms with E-state index in [2.05, 4.69) is 24.4 Å². The summed E-state index contributed by atoms with van der Waals surface area (Å²) >= 11 is 6.27. The number of aldehydes is 1. The van der Waals surface area contributed by atoms with Gasteiger partial charge in [-0.2, -0.15) is 0 Å². The standard InChI is InChI=1S/C25H25ClN2O2/c1-3-17-4-6-18(7-5-17)14-21(16-29)28-25(19-8-11-22(30)12-9-19)23-15-20(26)10-13-24(23)27-2/h4-13,15-16,21,27,30H,3,14H2,1-2H3. The zero-order chi connectivity index (χ0) is 21.5. The SMILES string of the molecule is CCc1ccc(CC(C=O)N=C(c2ccc(O)cc2)c2cc(Cl)ccc2NC)cc1. The molecule has 3 rings (SSSR count). The number of hydrogen-bond donors (Lipinski definition) is 2. The summed E-state index contributed by atoms with van der Waals surface area (Å²) in [6.07, 6.45) is 2.35. The molecule has 0 fully saturated rings. The van der Waals surface area contributed by atoms with E-state index in [1.54, 1.807) is 30.3 Å². The number of nitrogens with one attached hydrogen (secondary N) is 1. The van der Waals surface area contributed by atoms with Gasteiger partial charge in [-0.05, 0) is 60.0 Å². The van der Waals surface area contributed by atoms with Gasteiger partial charge >= 0.3 is 0 Å². The van der Waals surface area contributed by atoms with Crippen molar-refractivity contribution in [3.05, 3.63) is 94.0 Å². The minimum atomic E-state index is -0.551. The van der Waals surface area contributed by atoms with Crippen molar-refractivity contribution in [3.8, 4) is 5.75 Å². The predicted octanol–water partition coefficient (Wildman–Crippen LogP) is 5.30. The number of benzene rings is 3. The van der Waals surface area contributed by atoms with E-state index in [-0.39, 0.29) is 5.75 Å². The minimum Gasteiger partial charge on any atom is -0.508 e. The highest BCUT2D eigenvalue weighted by Crippen LogP contribution is 2.25. The highest BCUT2D eigenvalue weighted by molar-refractivity contribution is 6.31. The van der Waals surface area contributed by atoms with Crippen LogP contribution in [0.15, 0.2) is 71.7 Å². The largest absolute Gasteiger partial charge is 0.508 e. The number of aryl methyl sites for hydroxylation is 1. The molecule has 0 radical (unpaired) electrons. The lowest BCUT2D eigenvalue weighted by atomic mass is 9.99. The van der Waals surface area contributed by atoms with Gasteiger partial charge in [-0.15, -0.1) is 0 Å². The van der Waals surface area contributed by atoms with Crippen LogP contribution in [0.25, 0.3) is 0 Å². The Morgan fingerprint density at radius 1 is 1.07 bits per heavy atom. The number of halogens is 1. The van der Waals surface area contributed by atoms with Gasteiger partial charge in [-0.25, -0.2) is 0 Å². The Hall–Kier alpha value is -3.11. The summed E-state index contributed by atoms with van der Waals surface area (Å²) in [4.78, 5) is 16.7. The number of phenolic OH excluding ortho intramolecular Hbond substituents is 1. The van der Waals surface area contributed by atoms with Crippen LogP contribution in [0.5, 0.6) is 5.75 Å². The first-order valence-corrected chi connectivity index (χ1v) is 10.3. The molecule has 5 heteroatoms. The molecule has 0 saturated carbocycles. The molecule has 3 aromatic rings. The van der Waals surface area contributed by atoms with Crippen LogP contribution in [0.4, 0.5) is 5.69 Å². The van der Waals surface area contributed by atoms with Gasteiger partial charge in [0.2, 0.25) is 0 Å². The van der Waals surface area contributed by atoms with E-state index < -0.39 is 6.04 Å². The van der Waals surface area contributed by atoms with Crippen molar-refractivity contribution in [2.45, 2.75) is 25.8 Å². The number of carbonyl (C=O) groups is 1. The summed E-state index contributed by atoms with van der Waals surface area (Å²) in [5.74, 6) is 0.168. The second kappa shape index (κ2) is 10.1. The number of phenols is 1. The fourth-order valence-electron chi connectivity index (χ4n) is 3.29. The van der Waals surface area contributed by atoms with Crippen molar-refractivity contribution in [1.29, 1.82) is 0 Å². The molecule has 2 N–H and O–H groups in total. The molecule has 0 heterocycles. The van der Waals surface area contributed by atoms with Gasteiger partial charge in [0.1, 0.15) is 18.1 Å². The molecule has 0 aliphatic heterocycles. The molecular weight excluding hydrogens is 396 g/mol. The van der Waals surface area contributed by atoms with Crippen molar-refractivity contribution in [3.63, 3.8) is 0 Å². The van der Waals surface area contributed by atoms with E-state index in [1.807, 2.05) is 31.3 Å². The van der Waals surface area contributed by atoms with Gasteiger partial charge in [0, 0.05) is 35.3 Å². The lowest BCUT2D eigenvalue weighted by molar-refractivity contribution is -0.108. The van der Waals surface area contributed by atoms with E-state index in [0.29, 0.717) is 17.2 Å². The van der Waals surface area contributed by atoms with Crippen molar-refractivity contribution in [2.24, 2.45) is 4.99 Å². The van der Waals surface area contributed by atoms with Gasteiger partial charge in [0.15, 0.2) is 0 Å². The number of rotatable bonds is 8. The van der Waals surface area contributed by atoms with Gasteiger partial charge in [0.25, 0.3) is 0 Å². The van der Waals surface area contributed by atoms with Crippen molar-refractivity contribution in [1.82, 2.24) is 0 Å². The molecule has 0 aromatic heterocycles. The third kappa shape index (κ3) is 5.28. The average Bonchev–Trinajstić information content (AvgIpc) is 2.77. The summed E-state index contributed by atoms with van der Waals surface area (Å²) in [5, 5.41) is 13.4. The number of nitrogens with zero attached hydrogens (tertiary/aromatic N) is 1. The van der Waals surface area contributed by atoms with Gasteiger partial charge in [-0.3, -0.25) is 4.99 Å². The van der Waals surface area contributed by atoms with Crippen LogP contribution in [0, 0.1) is 0 Å². The van der Waals surface area contributed by atoms with E-state index in [4.69, 9.17) is 16.6 Å². The monoisotopic (exact) mass is 420 g/mol. The summed E-state index contributed by atoms with van der Waals surface area (Å²) in [5.41, 5.74) is 5.39. The predicted molar refractivity (Wildman–Crippen MR) is 124 cm³/mol. The first-order chi connectivity index (χ1) is 14.5. The Morgan fingerprint density at radius 2 is 1.73 bits per heavy atom. The maximum atomic E-state index is 11.9. The first kappa shape index (κ1) is 21.6. The van der Waals surface area contributed by atoms with E-state index >= 15 is 0 Å². The molecule has 4 nitrogen and oxygen atoms in total.